The summed E-state index contributed by atoms with van der Waals surface area (Å²) in [6.45, 7) is 4.89. The fourth-order valence-electron chi connectivity index (χ4n) is 1.74. The summed E-state index contributed by atoms with van der Waals surface area (Å²) in [6.07, 6.45) is 4.95. The lowest BCUT2D eigenvalue weighted by Crippen LogP contribution is -2.45. The maximum absolute atomic E-state index is 11.2. The van der Waals surface area contributed by atoms with E-state index in [1.54, 1.807) is 13.0 Å². The minimum Gasteiger partial charge on any atom is -0.350 e. The van der Waals surface area contributed by atoms with Crippen LogP contribution in [0.1, 0.15) is 26.7 Å². The number of carbonyl (C=O) groups excluding carboxylic acids is 2. The Balaban J connectivity index is 2.31. The van der Waals surface area contributed by atoms with Gasteiger partial charge in [-0.25, -0.2) is 0 Å². The van der Waals surface area contributed by atoms with E-state index in [0.29, 0.717) is 0 Å². The summed E-state index contributed by atoms with van der Waals surface area (Å²) in [6, 6.07) is 0.212. The molecule has 0 aromatic rings. The molecule has 4 nitrogen and oxygen atoms in total. The molecular weight excluding hydrogens is 192 g/mol. The monoisotopic (exact) mass is 210 g/mol. The molecule has 0 unspecified atom stereocenters. The van der Waals surface area contributed by atoms with Crippen molar-refractivity contribution >= 4 is 11.8 Å². The van der Waals surface area contributed by atoms with Crippen molar-refractivity contribution in [2.24, 2.45) is 0 Å². The average molecular weight is 210 g/mol. The third-order valence-corrected chi connectivity index (χ3v) is 2.60. The van der Waals surface area contributed by atoms with Crippen molar-refractivity contribution in [3.63, 3.8) is 0 Å². The predicted octanol–water partition coefficient (Wildman–Crippen LogP) is 0.690. The molecule has 2 amide bonds. The van der Waals surface area contributed by atoms with Gasteiger partial charge in [-0.3, -0.25) is 9.59 Å². The number of hydrogen-bond acceptors (Lipinski definition) is 2. The number of likely N-dealkylation sites (tertiary alicyclic amines) is 1. The maximum atomic E-state index is 11.2. The van der Waals surface area contributed by atoms with Crippen LogP contribution in [0.4, 0.5) is 0 Å². The lowest BCUT2D eigenvalue weighted by Gasteiger charge is -2.31. The third kappa shape index (κ3) is 3.73. The fraction of sp³-hybridized carbons (Fsp3) is 0.636. The Labute approximate surface area is 90.3 Å². The molecule has 0 aliphatic carbocycles. The van der Waals surface area contributed by atoms with Gasteiger partial charge in [0.25, 0.3) is 0 Å². The van der Waals surface area contributed by atoms with Crippen LogP contribution in [0.15, 0.2) is 12.2 Å². The fourth-order valence-corrected chi connectivity index (χ4v) is 1.74. The zero-order chi connectivity index (χ0) is 11.3. The molecule has 0 aromatic heterocycles. The van der Waals surface area contributed by atoms with Gasteiger partial charge in [0.1, 0.15) is 0 Å². The summed E-state index contributed by atoms with van der Waals surface area (Å²) in [4.78, 5) is 24.1. The zero-order valence-electron chi connectivity index (χ0n) is 9.32. The molecule has 0 saturated carbocycles. The lowest BCUT2D eigenvalue weighted by atomic mass is 10.1. The second-order valence-corrected chi connectivity index (χ2v) is 3.79. The van der Waals surface area contributed by atoms with Crippen LogP contribution in [0.3, 0.4) is 0 Å². The Hall–Kier alpha value is -1.32. The van der Waals surface area contributed by atoms with E-state index in [1.807, 2.05) is 11.8 Å². The highest BCUT2D eigenvalue weighted by molar-refractivity contribution is 5.87. The number of rotatable bonds is 2. The first-order valence-electron chi connectivity index (χ1n) is 5.32. The average Bonchev–Trinajstić information content (AvgIpc) is 2.18. The van der Waals surface area contributed by atoms with Gasteiger partial charge in [-0.05, 0) is 25.8 Å². The van der Waals surface area contributed by atoms with E-state index in [1.165, 1.54) is 6.08 Å². The zero-order valence-corrected chi connectivity index (χ0v) is 9.32. The highest BCUT2D eigenvalue weighted by Crippen LogP contribution is 2.10. The van der Waals surface area contributed by atoms with Gasteiger partial charge in [0.05, 0.1) is 0 Å². The Morgan fingerprint density at radius 2 is 1.93 bits per heavy atom. The van der Waals surface area contributed by atoms with E-state index in [-0.39, 0.29) is 17.9 Å². The van der Waals surface area contributed by atoms with Crippen molar-refractivity contribution in [1.29, 1.82) is 0 Å². The van der Waals surface area contributed by atoms with Crippen LogP contribution in [-0.4, -0.2) is 35.8 Å². The van der Waals surface area contributed by atoms with Crippen LogP contribution in [0, 0.1) is 0 Å². The highest BCUT2D eigenvalue weighted by atomic mass is 16.2. The molecule has 0 spiro atoms. The molecule has 1 saturated heterocycles. The van der Waals surface area contributed by atoms with Crippen LogP contribution in [0.25, 0.3) is 0 Å². The van der Waals surface area contributed by atoms with Gasteiger partial charge in [0.2, 0.25) is 11.8 Å². The first kappa shape index (κ1) is 11.8. The minimum absolute atomic E-state index is 0.0428. The summed E-state index contributed by atoms with van der Waals surface area (Å²) in [5.41, 5.74) is 0. The summed E-state index contributed by atoms with van der Waals surface area (Å²) < 4.78 is 0. The van der Waals surface area contributed by atoms with Gasteiger partial charge >= 0.3 is 0 Å². The van der Waals surface area contributed by atoms with Gasteiger partial charge < -0.3 is 10.2 Å². The molecule has 1 aliphatic rings. The van der Waals surface area contributed by atoms with Crippen molar-refractivity contribution in [2.45, 2.75) is 32.7 Å². The Bertz CT molecular complexity index is 266. The maximum Gasteiger partial charge on any atom is 0.243 e. The molecule has 15 heavy (non-hydrogen) atoms. The van der Waals surface area contributed by atoms with Crippen LogP contribution in [-0.2, 0) is 9.59 Å². The molecule has 0 aromatic carbocycles. The highest BCUT2D eigenvalue weighted by Gasteiger charge is 2.20. The predicted molar refractivity (Wildman–Crippen MR) is 58.2 cm³/mol. The topological polar surface area (TPSA) is 49.4 Å². The molecule has 1 aliphatic heterocycles. The van der Waals surface area contributed by atoms with Gasteiger partial charge in [0, 0.05) is 26.1 Å². The summed E-state index contributed by atoms with van der Waals surface area (Å²) in [7, 11) is 0. The first-order valence-corrected chi connectivity index (χ1v) is 5.32. The van der Waals surface area contributed by atoms with Gasteiger partial charge in [-0.2, -0.15) is 0 Å². The molecule has 1 heterocycles. The van der Waals surface area contributed by atoms with E-state index >= 15 is 0 Å². The van der Waals surface area contributed by atoms with E-state index in [4.69, 9.17) is 0 Å². The number of allylic oxidation sites excluding steroid dienone is 1. The summed E-state index contributed by atoms with van der Waals surface area (Å²) >= 11 is 0. The van der Waals surface area contributed by atoms with Crippen molar-refractivity contribution in [1.82, 2.24) is 10.2 Å². The molecule has 4 heteroatoms. The number of carbonyl (C=O) groups is 2. The van der Waals surface area contributed by atoms with Gasteiger partial charge in [-0.15, -0.1) is 0 Å². The molecule has 0 radical (unpaired) electrons. The van der Waals surface area contributed by atoms with Crippen LogP contribution in [0.5, 0.6) is 0 Å². The van der Waals surface area contributed by atoms with E-state index in [2.05, 4.69) is 5.32 Å². The Kier molecular flexibility index (Phi) is 4.34. The van der Waals surface area contributed by atoms with E-state index in [9.17, 15) is 9.59 Å². The van der Waals surface area contributed by atoms with Crippen molar-refractivity contribution in [3.8, 4) is 0 Å². The second-order valence-electron chi connectivity index (χ2n) is 3.79. The molecule has 1 fully saturated rings. The number of piperidine rings is 1. The smallest absolute Gasteiger partial charge is 0.243 e. The van der Waals surface area contributed by atoms with Crippen LogP contribution in [0.2, 0.25) is 0 Å². The normalized spacial score (nSPS) is 18.1. The van der Waals surface area contributed by atoms with Crippen LogP contribution >= 0.6 is 0 Å². The van der Waals surface area contributed by atoms with Gasteiger partial charge in [-0.1, -0.05) is 6.08 Å². The Morgan fingerprint density at radius 3 is 2.40 bits per heavy atom. The lowest BCUT2D eigenvalue weighted by molar-refractivity contribution is -0.129. The Morgan fingerprint density at radius 1 is 1.33 bits per heavy atom. The number of nitrogens with zero attached hydrogens (tertiary/aromatic N) is 1. The molecule has 0 bridgehead atoms. The molecule has 0 atom stereocenters. The quantitative estimate of drug-likeness (QED) is 0.682. The number of nitrogens with one attached hydrogen (secondary N) is 1. The largest absolute Gasteiger partial charge is 0.350 e. The molecule has 84 valence electrons. The van der Waals surface area contributed by atoms with Crippen molar-refractivity contribution in [3.05, 3.63) is 12.2 Å². The summed E-state index contributed by atoms with van der Waals surface area (Å²) in [5, 5.41) is 2.92. The molecule has 1 rings (SSSR count). The van der Waals surface area contributed by atoms with E-state index < -0.39 is 0 Å². The SMILES string of the molecule is CC=CC(=O)NC1CCN(C(C)=O)CC1. The third-order valence-electron chi connectivity index (χ3n) is 2.60. The van der Waals surface area contributed by atoms with Crippen LogP contribution < -0.4 is 5.32 Å². The first-order chi connectivity index (χ1) is 7.13. The standard InChI is InChI=1S/C11H18N2O2/c1-3-4-11(15)12-10-5-7-13(8-6-10)9(2)14/h3-4,10H,5-8H2,1-2H3,(H,12,15). The molecular formula is C11H18N2O2. The number of hydrogen-bond donors (Lipinski definition) is 1. The summed E-state index contributed by atoms with van der Waals surface area (Å²) in [5.74, 6) is 0.0759. The number of amides is 2. The minimum atomic E-state index is -0.0428. The van der Waals surface area contributed by atoms with Crippen molar-refractivity contribution in [2.75, 3.05) is 13.1 Å². The second kappa shape index (κ2) is 5.53. The van der Waals surface area contributed by atoms with E-state index in [0.717, 1.165) is 25.9 Å². The van der Waals surface area contributed by atoms with Gasteiger partial charge in [0.15, 0.2) is 0 Å². The van der Waals surface area contributed by atoms with Crippen molar-refractivity contribution < 1.29 is 9.59 Å². The molecule has 1 N–H and O–H groups in total.